The largest absolute Gasteiger partial charge is 0.456 e. The van der Waals surface area contributed by atoms with Crippen molar-refractivity contribution in [2.24, 2.45) is 0 Å². The van der Waals surface area contributed by atoms with Gasteiger partial charge in [0, 0.05) is 19.2 Å². The van der Waals surface area contributed by atoms with Crippen LogP contribution in [0.25, 0.3) is 22.4 Å². The Morgan fingerprint density at radius 3 is 2.35 bits per heavy atom. The maximum absolute atomic E-state index is 12.7. The van der Waals surface area contributed by atoms with Crippen molar-refractivity contribution in [1.82, 2.24) is 19.9 Å². The molecule has 3 aromatic rings. The molecule has 0 radical (unpaired) electrons. The first-order chi connectivity index (χ1) is 20.2. The lowest BCUT2D eigenvalue weighted by Gasteiger charge is -2.18. The molecule has 2 aromatic heterocycles. The van der Waals surface area contributed by atoms with Gasteiger partial charge >= 0.3 is 6.18 Å². The Labute approximate surface area is 249 Å². The smallest absolute Gasteiger partial charge is 0.401 e. The van der Waals surface area contributed by atoms with E-state index in [0.29, 0.717) is 41.4 Å². The summed E-state index contributed by atoms with van der Waals surface area (Å²) in [6, 6.07) is 9.58. The molecule has 1 aromatic carbocycles. The van der Waals surface area contributed by atoms with E-state index in [1.165, 1.54) is 4.90 Å². The molecule has 0 saturated carbocycles. The Morgan fingerprint density at radius 2 is 1.70 bits per heavy atom. The third-order valence-corrected chi connectivity index (χ3v) is 7.27. The number of ether oxygens (including phenoxy) is 3. The second-order valence-corrected chi connectivity index (χ2v) is 11.2. The van der Waals surface area contributed by atoms with Gasteiger partial charge in [-0.3, -0.25) is 4.90 Å². The number of hydrogen-bond donors (Lipinski definition) is 3. The normalized spacial score (nSPS) is 25.6. The van der Waals surface area contributed by atoms with Gasteiger partial charge < -0.3 is 29.4 Å². The molecule has 238 valence electrons. The zero-order valence-corrected chi connectivity index (χ0v) is 24.5. The topological polar surface area (TPSA) is 113 Å². The molecule has 15 heteroatoms. The number of halogens is 6. The van der Waals surface area contributed by atoms with Gasteiger partial charge in [0.15, 0.2) is 11.8 Å². The van der Waals surface area contributed by atoms with Gasteiger partial charge in [0.25, 0.3) is 6.01 Å². The van der Waals surface area contributed by atoms with Gasteiger partial charge in [-0.05, 0) is 44.4 Å². The number of pyridine rings is 1. The number of aromatic amines is 1. The zero-order chi connectivity index (χ0) is 31.5. The monoisotopic (exact) mass is 636 g/mol. The van der Waals surface area contributed by atoms with Crippen molar-refractivity contribution in [2.45, 2.75) is 62.7 Å². The Bertz CT molecular complexity index is 1350. The number of likely N-dealkylation sites (tertiary alicyclic amines) is 1. The molecule has 3 saturated heterocycles. The van der Waals surface area contributed by atoms with Crippen LogP contribution in [0.5, 0.6) is 6.01 Å². The molecule has 3 N–H and O–H groups in total. The van der Waals surface area contributed by atoms with Crippen LogP contribution in [-0.4, -0.2) is 107 Å². The molecular formula is C28H34ClF5N4O5. The minimum Gasteiger partial charge on any atom is -0.456 e. The van der Waals surface area contributed by atoms with E-state index in [9.17, 15) is 27.1 Å². The summed E-state index contributed by atoms with van der Waals surface area (Å²) in [5.41, 5.74) is 3.35. The molecule has 1 unspecified atom stereocenters. The Kier molecular flexibility index (Phi) is 10.5. The predicted octanol–water partition coefficient (Wildman–Crippen LogP) is 4.81. The highest BCUT2D eigenvalue weighted by molar-refractivity contribution is 6.33. The first kappa shape index (κ1) is 33.3. The highest BCUT2D eigenvalue weighted by atomic mass is 35.5. The van der Waals surface area contributed by atoms with Crippen LogP contribution in [0.1, 0.15) is 31.7 Å². The third kappa shape index (κ3) is 8.73. The van der Waals surface area contributed by atoms with Gasteiger partial charge in [0.2, 0.25) is 5.92 Å². The van der Waals surface area contributed by atoms with Crippen LogP contribution in [0.3, 0.4) is 0 Å². The van der Waals surface area contributed by atoms with Crippen LogP contribution in [-0.2, 0) is 9.47 Å². The number of imidazole rings is 1. The van der Waals surface area contributed by atoms with Gasteiger partial charge in [-0.1, -0.05) is 35.9 Å². The average molecular weight is 637 g/mol. The summed E-state index contributed by atoms with van der Waals surface area (Å²) >= 11 is 6.52. The van der Waals surface area contributed by atoms with E-state index >= 15 is 0 Å². The SMILES string of the molecule is CC(C)(F)F.CO.O[C@@H]1CO[C@H]2[C@@H]1OC[C@H]2Oc1nc2nc(-c3ccc(C4CCN(CC(F)(F)F)C4)cc3)c(Cl)cc2[nH]1. The number of nitrogens with one attached hydrogen (secondary N) is 1. The number of aromatic nitrogens is 3. The number of aliphatic hydroxyl groups excluding tert-OH is 2. The maximum Gasteiger partial charge on any atom is 0.401 e. The number of fused-ring (bicyclic) bond motifs is 2. The highest BCUT2D eigenvalue weighted by Gasteiger charge is 2.48. The fraction of sp³-hybridized carbons (Fsp3) is 0.571. The van der Waals surface area contributed by atoms with Crippen molar-refractivity contribution in [1.29, 1.82) is 0 Å². The summed E-state index contributed by atoms with van der Waals surface area (Å²) in [4.78, 5) is 13.6. The zero-order valence-electron chi connectivity index (χ0n) is 23.7. The van der Waals surface area contributed by atoms with Crippen molar-refractivity contribution in [3.63, 3.8) is 0 Å². The summed E-state index contributed by atoms with van der Waals surface area (Å²) in [5.74, 6) is -2.44. The minimum atomic E-state index is -4.18. The molecule has 6 rings (SSSR count). The van der Waals surface area contributed by atoms with E-state index in [1.807, 2.05) is 24.3 Å². The predicted molar refractivity (Wildman–Crippen MR) is 149 cm³/mol. The van der Waals surface area contributed by atoms with Crippen LogP contribution in [0.4, 0.5) is 22.0 Å². The Balaban J connectivity index is 0.000000551. The molecule has 0 spiro atoms. The summed E-state index contributed by atoms with van der Waals surface area (Å²) in [7, 11) is 1.00. The fourth-order valence-corrected chi connectivity index (χ4v) is 5.52. The first-order valence-electron chi connectivity index (χ1n) is 13.6. The van der Waals surface area contributed by atoms with Crippen LogP contribution in [0, 0.1) is 0 Å². The van der Waals surface area contributed by atoms with E-state index in [1.54, 1.807) is 6.07 Å². The lowest BCUT2D eigenvalue weighted by atomic mass is 9.96. The van der Waals surface area contributed by atoms with Crippen molar-refractivity contribution < 1.29 is 46.4 Å². The van der Waals surface area contributed by atoms with E-state index in [4.69, 9.17) is 30.9 Å². The number of rotatable bonds is 5. The van der Waals surface area contributed by atoms with E-state index in [0.717, 1.165) is 32.1 Å². The van der Waals surface area contributed by atoms with Gasteiger partial charge in [0.05, 0.1) is 36.0 Å². The van der Waals surface area contributed by atoms with E-state index in [-0.39, 0.29) is 31.2 Å². The summed E-state index contributed by atoms with van der Waals surface area (Å²) < 4.78 is 77.2. The second-order valence-electron chi connectivity index (χ2n) is 10.8. The van der Waals surface area contributed by atoms with Gasteiger partial charge in [-0.2, -0.15) is 18.2 Å². The molecule has 0 amide bonds. The van der Waals surface area contributed by atoms with E-state index in [2.05, 4.69) is 15.0 Å². The van der Waals surface area contributed by atoms with Gasteiger partial charge in [-0.15, -0.1) is 0 Å². The fourth-order valence-electron chi connectivity index (χ4n) is 5.26. The number of alkyl halides is 5. The number of hydrogen-bond acceptors (Lipinski definition) is 8. The quantitative estimate of drug-likeness (QED) is 0.342. The van der Waals surface area contributed by atoms with Crippen LogP contribution in [0.2, 0.25) is 5.02 Å². The summed E-state index contributed by atoms with van der Waals surface area (Å²) in [6.45, 7) is 2.14. The van der Waals surface area contributed by atoms with Crippen LogP contribution < -0.4 is 4.74 Å². The molecule has 0 bridgehead atoms. The molecule has 0 aliphatic carbocycles. The van der Waals surface area contributed by atoms with Crippen molar-refractivity contribution >= 4 is 22.8 Å². The lowest BCUT2D eigenvalue weighted by molar-refractivity contribution is -0.143. The number of aliphatic hydroxyl groups is 2. The molecule has 9 nitrogen and oxygen atoms in total. The van der Waals surface area contributed by atoms with Crippen molar-refractivity contribution in [3.8, 4) is 17.3 Å². The van der Waals surface area contributed by atoms with E-state index < -0.39 is 37.0 Å². The Morgan fingerprint density at radius 1 is 1.05 bits per heavy atom. The molecule has 3 aliphatic heterocycles. The van der Waals surface area contributed by atoms with Crippen LogP contribution >= 0.6 is 11.6 Å². The van der Waals surface area contributed by atoms with Gasteiger partial charge in [0.1, 0.15) is 18.3 Å². The Hall–Kier alpha value is -2.62. The van der Waals surface area contributed by atoms with Crippen LogP contribution in [0.15, 0.2) is 30.3 Å². The second kappa shape index (κ2) is 13.6. The standard InChI is InChI=1S/C24H24ClF3N4O4.C3H6F2.CH4O/c25-15-7-16-22(31-23(29-16)36-18-10-35-20-17(33)9-34-21(18)20)30-19(15)13-3-1-12(2-4-13)14-5-6-32(8-14)11-24(26,27)28;1-3(2,4)5;1-2/h1-4,7,14,17-18,20-21,33H,5-6,8-11H2,(H,29,30,31);1-2H3;2H,1H3/t14?,17-,18-,20-,21-;;/m1../s1. The molecule has 3 aliphatic rings. The molecule has 43 heavy (non-hydrogen) atoms. The number of benzene rings is 1. The number of nitrogens with zero attached hydrogens (tertiary/aromatic N) is 3. The third-order valence-electron chi connectivity index (χ3n) is 6.98. The van der Waals surface area contributed by atoms with Crippen molar-refractivity contribution in [3.05, 3.63) is 40.9 Å². The highest BCUT2D eigenvalue weighted by Crippen LogP contribution is 2.34. The lowest BCUT2D eigenvalue weighted by Crippen LogP contribution is -2.34. The maximum atomic E-state index is 12.7. The number of H-pyrrole nitrogens is 1. The molecule has 3 fully saturated rings. The summed E-state index contributed by atoms with van der Waals surface area (Å²) in [5, 5.41) is 17.3. The van der Waals surface area contributed by atoms with Gasteiger partial charge in [-0.25, -0.2) is 13.8 Å². The molecule has 5 atom stereocenters. The first-order valence-corrected chi connectivity index (χ1v) is 14.0. The van der Waals surface area contributed by atoms with Crippen molar-refractivity contribution in [2.75, 3.05) is 40.0 Å². The molecule has 5 heterocycles. The summed E-state index contributed by atoms with van der Waals surface area (Å²) in [6.07, 6.45) is -5.33. The minimum absolute atomic E-state index is 0.0579. The average Bonchev–Trinajstić information content (AvgIpc) is 3.70. The molecular weight excluding hydrogens is 603 g/mol.